The van der Waals surface area contributed by atoms with Crippen LogP contribution in [0.25, 0.3) is 0 Å². The van der Waals surface area contributed by atoms with Gasteiger partial charge in [-0.15, -0.1) is 0 Å². The number of nitrogens with zero attached hydrogens (tertiary/aromatic N) is 3. The molecule has 2 rings (SSSR count). The van der Waals surface area contributed by atoms with E-state index in [4.69, 9.17) is 5.26 Å². The maximum Gasteiger partial charge on any atom is 0.124 e. The van der Waals surface area contributed by atoms with Crippen molar-refractivity contribution < 1.29 is 0 Å². The van der Waals surface area contributed by atoms with Gasteiger partial charge in [-0.2, -0.15) is 10.4 Å². The average molecular weight is 212 g/mol. The summed E-state index contributed by atoms with van der Waals surface area (Å²) in [6.07, 6.45) is 1.73. The summed E-state index contributed by atoms with van der Waals surface area (Å²) in [4.78, 5) is 0. The van der Waals surface area contributed by atoms with Crippen molar-refractivity contribution in [2.75, 3.05) is 5.32 Å². The fourth-order valence-corrected chi connectivity index (χ4v) is 1.52. The Morgan fingerprint density at radius 2 is 2.19 bits per heavy atom. The summed E-state index contributed by atoms with van der Waals surface area (Å²) in [6.45, 7) is 0.628. The van der Waals surface area contributed by atoms with Crippen LogP contribution in [-0.4, -0.2) is 9.78 Å². The lowest BCUT2D eigenvalue weighted by atomic mass is 10.1. The molecular formula is C12H12N4. The molecule has 0 spiro atoms. The fourth-order valence-electron chi connectivity index (χ4n) is 1.52. The molecule has 0 radical (unpaired) electrons. The molecular weight excluding hydrogens is 200 g/mol. The van der Waals surface area contributed by atoms with Crippen LogP contribution in [0, 0.1) is 11.3 Å². The number of benzene rings is 1. The third kappa shape index (κ3) is 2.04. The predicted molar refractivity (Wildman–Crippen MR) is 61.7 cm³/mol. The monoisotopic (exact) mass is 212 g/mol. The molecule has 0 amide bonds. The molecule has 2 aromatic rings. The molecule has 0 saturated heterocycles. The highest BCUT2D eigenvalue weighted by atomic mass is 15.3. The maximum absolute atomic E-state index is 8.93. The van der Waals surface area contributed by atoms with Crippen molar-refractivity contribution in [2.24, 2.45) is 7.05 Å². The summed E-state index contributed by atoms with van der Waals surface area (Å²) in [6, 6.07) is 11.6. The smallest absolute Gasteiger partial charge is 0.124 e. The first-order valence-electron chi connectivity index (χ1n) is 5.01. The minimum Gasteiger partial charge on any atom is -0.366 e. The van der Waals surface area contributed by atoms with E-state index in [0.717, 1.165) is 11.4 Å². The molecule has 1 aromatic heterocycles. The molecule has 0 aliphatic heterocycles. The molecule has 1 N–H and O–H groups in total. The van der Waals surface area contributed by atoms with Crippen molar-refractivity contribution in [3.63, 3.8) is 0 Å². The van der Waals surface area contributed by atoms with Crippen LogP contribution in [-0.2, 0) is 13.6 Å². The van der Waals surface area contributed by atoms with E-state index in [-0.39, 0.29) is 0 Å². The summed E-state index contributed by atoms with van der Waals surface area (Å²) in [5.74, 6) is 0.938. The molecule has 0 atom stereocenters. The molecule has 1 heterocycles. The van der Waals surface area contributed by atoms with E-state index in [1.807, 2.05) is 37.4 Å². The van der Waals surface area contributed by atoms with E-state index in [1.165, 1.54) is 0 Å². The highest BCUT2D eigenvalue weighted by molar-refractivity contribution is 5.41. The number of aromatic nitrogens is 2. The Balaban J connectivity index is 2.11. The predicted octanol–water partition coefficient (Wildman–Crippen LogP) is 1.90. The van der Waals surface area contributed by atoms with Crippen LogP contribution in [0.15, 0.2) is 36.5 Å². The van der Waals surface area contributed by atoms with Crippen LogP contribution >= 0.6 is 0 Å². The molecule has 1 aromatic carbocycles. The van der Waals surface area contributed by atoms with Gasteiger partial charge in [-0.25, -0.2) is 0 Å². The minimum absolute atomic E-state index is 0.628. The van der Waals surface area contributed by atoms with Gasteiger partial charge in [0.25, 0.3) is 0 Å². The zero-order valence-electron chi connectivity index (χ0n) is 9.01. The van der Waals surface area contributed by atoms with Gasteiger partial charge in [-0.3, -0.25) is 4.68 Å². The molecule has 0 bridgehead atoms. The Labute approximate surface area is 94.1 Å². The molecule has 80 valence electrons. The molecule has 0 aliphatic carbocycles. The second kappa shape index (κ2) is 4.49. The van der Waals surface area contributed by atoms with Crippen molar-refractivity contribution in [2.45, 2.75) is 6.54 Å². The Morgan fingerprint density at radius 1 is 1.38 bits per heavy atom. The first-order chi connectivity index (χ1) is 7.81. The minimum atomic E-state index is 0.628. The van der Waals surface area contributed by atoms with Gasteiger partial charge in [0.05, 0.1) is 17.8 Å². The summed E-state index contributed by atoms with van der Waals surface area (Å²) < 4.78 is 1.76. The molecule has 0 fully saturated rings. The van der Waals surface area contributed by atoms with Gasteiger partial charge in [0, 0.05) is 19.7 Å². The lowest BCUT2D eigenvalue weighted by Crippen LogP contribution is -2.05. The van der Waals surface area contributed by atoms with Crippen LogP contribution in [0.1, 0.15) is 11.1 Å². The number of nitrogens with one attached hydrogen (secondary N) is 1. The van der Waals surface area contributed by atoms with Crippen molar-refractivity contribution in [3.8, 4) is 6.07 Å². The Kier molecular flexibility index (Phi) is 2.88. The summed E-state index contributed by atoms with van der Waals surface area (Å²) in [5.41, 5.74) is 1.70. The van der Waals surface area contributed by atoms with E-state index in [1.54, 1.807) is 10.9 Å². The lowest BCUT2D eigenvalue weighted by molar-refractivity contribution is 0.769. The van der Waals surface area contributed by atoms with Crippen LogP contribution in [0.2, 0.25) is 0 Å². The normalized spacial score (nSPS) is 9.75. The van der Waals surface area contributed by atoms with Crippen molar-refractivity contribution >= 4 is 5.82 Å². The number of nitriles is 1. The molecule has 0 saturated carbocycles. The van der Waals surface area contributed by atoms with E-state index in [9.17, 15) is 0 Å². The number of hydrogen-bond donors (Lipinski definition) is 1. The van der Waals surface area contributed by atoms with Gasteiger partial charge in [-0.1, -0.05) is 18.2 Å². The van der Waals surface area contributed by atoms with Crippen molar-refractivity contribution in [1.82, 2.24) is 9.78 Å². The number of rotatable bonds is 3. The molecule has 0 aliphatic rings. The van der Waals surface area contributed by atoms with Gasteiger partial charge in [-0.05, 0) is 11.6 Å². The Hall–Kier alpha value is -2.28. The van der Waals surface area contributed by atoms with Crippen LogP contribution < -0.4 is 5.32 Å². The topological polar surface area (TPSA) is 53.6 Å². The van der Waals surface area contributed by atoms with E-state index in [2.05, 4.69) is 16.5 Å². The van der Waals surface area contributed by atoms with Crippen molar-refractivity contribution in [1.29, 1.82) is 5.26 Å². The summed E-state index contributed by atoms with van der Waals surface area (Å²) in [5, 5.41) is 16.2. The highest BCUT2D eigenvalue weighted by Crippen LogP contribution is 2.10. The average Bonchev–Trinajstić information content (AvgIpc) is 2.72. The Bertz CT molecular complexity index is 522. The standard InChI is InChI=1S/C12H12N4/c1-16-12(6-7-15-16)14-9-11-5-3-2-4-10(11)8-13/h2-7,14H,9H2,1H3. The molecule has 0 unspecified atom stereocenters. The van der Waals surface area contributed by atoms with E-state index >= 15 is 0 Å². The second-order valence-electron chi connectivity index (χ2n) is 3.46. The third-order valence-electron chi connectivity index (χ3n) is 2.42. The quantitative estimate of drug-likeness (QED) is 0.845. The maximum atomic E-state index is 8.93. The largest absolute Gasteiger partial charge is 0.366 e. The first-order valence-corrected chi connectivity index (χ1v) is 5.01. The van der Waals surface area contributed by atoms with Crippen LogP contribution in [0.5, 0.6) is 0 Å². The number of aryl methyl sites for hydroxylation is 1. The van der Waals surface area contributed by atoms with Gasteiger partial charge >= 0.3 is 0 Å². The first kappa shape index (κ1) is 10.2. The van der Waals surface area contributed by atoms with E-state index < -0.39 is 0 Å². The van der Waals surface area contributed by atoms with Crippen molar-refractivity contribution in [3.05, 3.63) is 47.7 Å². The van der Waals surface area contributed by atoms with Crippen LogP contribution in [0.4, 0.5) is 5.82 Å². The summed E-state index contributed by atoms with van der Waals surface area (Å²) in [7, 11) is 1.87. The van der Waals surface area contributed by atoms with Gasteiger partial charge in [0.2, 0.25) is 0 Å². The third-order valence-corrected chi connectivity index (χ3v) is 2.42. The highest BCUT2D eigenvalue weighted by Gasteiger charge is 2.01. The second-order valence-corrected chi connectivity index (χ2v) is 3.46. The van der Waals surface area contributed by atoms with Gasteiger partial charge < -0.3 is 5.32 Å². The SMILES string of the molecule is Cn1nccc1NCc1ccccc1C#N. The molecule has 16 heavy (non-hydrogen) atoms. The van der Waals surface area contributed by atoms with Gasteiger partial charge in [0.1, 0.15) is 5.82 Å². The van der Waals surface area contributed by atoms with Crippen LogP contribution in [0.3, 0.4) is 0 Å². The number of anilines is 1. The zero-order chi connectivity index (χ0) is 11.4. The fraction of sp³-hybridized carbons (Fsp3) is 0.167. The lowest BCUT2D eigenvalue weighted by Gasteiger charge is -2.07. The zero-order valence-corrected chi connectivity index (χ0v) is 9.01. The van der Waals surface area contributed by atoms with E-state index in [0.29, 0.717) is 12.1 Å². The van der Waals surface area contributed by atoms with Gasteiger partial charge in [0.15, 0.2) is 0 Å². The number of hydrogen-bond acceptors (Lipinski definition) is 3. The molecule has 4 nitrogen and oxygen atoms in total. The summed E-state index contributed by atoms with van der Waals surface area (Å²) >= 11 is 0. The Morgan fingerprint density at radius 3 is 2.88 bits per heavy atom. The molecule has 4 heteroatoms.